The van der Waals surface area contributed by atoms with Crippen molar-refractivity contribution in [2.24, 2.45) is 5.73 Å². The maximum atomic E-state index is 12.2. The number of rotatable bonds is 2. The second-order valence-corrected chi connectivity index (χ2v) is 3.58. The molecule has 0 radical (unpaired) electrons. The van der Waals surface area contributed by atoms with Crippen LogP contribution in [0.1, 0.15) is 12.0 Å². The van der Waals surface area contributed by atoms with Crippen LogP contribution < -0.4 is 10.5 Å². The summed E-state index contributed by atoms with van der Waals surface area (Å²) in [4.78, 5) is 0. The smallest absolute Gasteiger partial charge is 0.416 e. The van der Waals surface area contributed by atoms with Crippen molar-refractivity contribution >= 4 is 0 Å². The standard InChI is InChI=1S/C10H10F3NO/c11-10(12,13)6-1-3-7(4-2-6)15-9-5-8(9)14/h1-4,8-9H,5,14H2. The van der Waals surface area contributed by atoms with Gasteiger partial charge in [-0.3, -0.25) is 0 Å². The minimum Gasteiger partial charge on any atom is -0.489 e. The summed E-state index contributed by atoms with van der Waals surface area (Å²) in [7, 11) is 0. The molecule has 2 nitrogen and oxygen atoms in total. The van der Waals surface area contributed by atoms with Crippen LogP contribution in [0, 0.1) is 0 Å². The van der Waals surface area contributed by atoms with Crippen molar-refractivity contribution in [2.75, 3.05) is 0 Å². The Labute approximate surface area is 84.8 Å². The van der Waals surface area contributed by atoms with E-state index in [1.54, 1.807) is 0 Å². The van der Waals surface area contributed by atoms with Gasteiger partial charge in [-0.15, -0.1) is 0 Å². The summed E-state index contributed by atoms with van der Waals surface area (Å²) in [5.41, 5.74) is 4.84. The van der Waals surface area contributed by atoms with E-state index >= 15 is 0 Å². The summed E-state index contributed by atoms with van der Waals surface area (Å²) in [6.07, 6.45) is -3.57. The van der Waals surface area contributed by atoms with Gasteiger partial charge in [-0.2, -0.15) is 13.2 Å². The molecule has 1 saturated carbocycles. The van der Waals surface area contributed by atoms with Crippen LogP contribution >= 0.6 is 0 Å². The molecule has 0 aromatic heterocycles. The lowest BCUT2D eigenvalue weighted by molar-refractivity contribution is -0.137. The Morgan fingerprint density at radius 2 is 1.73 bits per heavy atom. The minimum absolute atomic E-state index is 0.0206. The Hall–Kier alpha value is -1.23. The fourth-order valence-electron chi connectivity index (χ4n) is 1.22. The van der Waals surface area contributed by atoms with Crippen LogP contribution in [0.2, 0.25) is 0 Å². The number of alkyl halides is 3. The predicted octanol–water partition coefficient (Wildman–Crippen LogP) is 2.18. The van der Waals surface area contributed by atoms with E-state index in [9.17, 15) is 13.2 Å². The van der Waals surface area contributed by atoms with E-state index in [1.165, 1.54) is 12.1 Å². The maximum absolute atomic E-state index is 12.2. The molecule has 2 atom stereocenters. The van der Waals surface area contributed by atoms with E-state index in [4.69, 9.17) is 10.5 Å². The Balaban J connectivity index is 2.04. The van der Waals surface area contributed by atoms with E-state index in [1.807, 2.05) is 0 Å². The lowest BCUT2D eigenvalue weighted by Crippen LogP contribution is -2.11. The molecule has 2 unspecified atom stereocenters. The summed E-state index contributed by atoms with van der Waals surface area (Å²) in [5.74, 6) is 0.431. The zero-order valence-electron chi connectivity index (χ0n) is 7.79. The highest BCUT2D eigenvalue weighted by atomic mass is 19.4. The van der Waals surface area contributed by atoms with E-state index in [2.05, 4.69) is 0 Å². The molecular formula is C10H10F3NO. The maximum Gasteiger partial charge on any atom is 0.416 e. The van der Waals surface area contributed by atoms with Gasteiger partial charge < -0.3 is 10.5 Å². The van der Waals surface area contributed by atoms with Gasteiger partial charge in [0.05, 0.1) is 5.56 Å². The van der Waals surface area contributed by atoms with E-state index < -0.39 is 11.7 Å². The Bertz CT molecular complexity index is 347. The van der Waals surface area contributed by atoms with Crippen molar-refractivity contribution in [3.63, 3.8) is 0 Å². The number of ether oxygens (including phenoxy) is 1. The highest BCUT2D eigenvalue weighted by molar-refractivity contribution is 5.29. The number of nitrogens with two attached hydrogens (primary N) is 1. The largest absolute Gasteiger partial charge is 0.489 e. The van der Waals surface area contributed by atoms with Gasteiger partial charge in [0.25, 0.3) is 0 Å². The van der Waals surface area contributed by atoms with Crippen LogP contribution in [0.3, 0.4) is 0 Å². The Morgan fingerprint density at radius 1 is 1.20 bits per heavy atom. The van der Waals surface area contributed by atoms with Crippen molar-refractivity contribution in [3.05, 3.63) is 29.8 Å². The molecule has 1 aromatic rings. The van der Waals surface area contributed by atoms with Crippen LogP contribution in [-0.4, -0.2) is 12.1 Å². The summed E-state index contributed by atoms with van der Waals surface area (Å²) >= 11 is 0. The zero-order chi connectivity index (χ0) is 11.1. The summed E-state index contributed by atoms with van der Waals surface area (Å²) < 4.78 is 41.9. The number of benzene rings is 1. The van der Waals surface area contributed by atoms with Crippen LogP contribution in [0.5, 0.6) is 5.75 Å². The van der Waals surface area contributed by atoms with Gasteiger partial charge in [-0.25, -0.2) is 0 Å². The topological polar surface area (TPSA) is 35.2 Å². The second-order valence-electron chi connectivity index (χ2n) is 3.58. The third-order valence-electron chi connectivity index (χ3n) is 2.25. The number of halogens is 3. The van der Waals surface area contributed by atoms with Gasteiger partial charge >= 0.3 is 6.18 Å². The molecule has 0 saturated heterocycles. The normalized spacial score (nSPS) is 25.1. The Morgan fingerprint density at radius 3 is 2.13 bits per heavy atom. The SMILES string of the molecule is NC1CC1Oc1ccc(C(F)(F)F)cc1. The third-order valence-corrected chi connectivity index (χ3v) is 2.25. The molecule has 1 aliphatic carbocycles. The highest BCUT2D eigenvalue weighted by Crippen LogP contribution is 2.31. The van der Waals surface area contributed by atoms with Crippen LogP contribution in [0.4, 0.5) is 13.2 Å². The lowest BCUT2D eigenvalue weighted by atomic mass is 10.2. The molecule has 82 valence electrons. The quantitative estimate of drug-likeness (QED) is 0.824. The molecule has 1 fully saturated rings. The first-order valence-corrected chi connectivity index (χ1v) is 4.56. The van der Waals surface area contributed by atoms with E-state index in [-0.39, 0.29) is 12.1 Å². The molecule has 1 aliphatic rings. The van der Waals surface area contributed by atoms with Gasteiger partial charge in [0.2, 0.25) is 0 Å². The molecule has 0 aliphatic heterocycles. The van der Waals surface area contributed by atoms with Gasteiger partial charge in [-0.05, 0) is 24.3 Å². The number of hydrogen-bond acceptors (Lipinski definition) is 2. The molecule has 0 heterocycles. The van der Waals surface area contributed by atoms with Crippen molar-refractivity contribution in [1.82, 2.24) is 0 Å². The first kappa shape index (κ1) is 10.3. The van der Waals surface area contributed by atoms with Gasteiger partial charge in [0.15, 0.2) is 0 Å². The minimum atomic E-state index is -4.30. The Kier molecular flexibility index (Phi) is 2.34. The molecule has 1 aromatic carbocycles. The average molecular weight is 217 g/mol. The summed E-state index contributed by atoms with van der Waals surface area (Å²) in [5, 5.41) is 0. The van der Waals surface area contributed by atoms with Crippen LogP contribution in [-0.2, 0) is 6.18 Å². The molecule has 0 amide bonds. The van der Waals surface area contributed by atoms with E-state index in [0.717, 1.165) is 18.6 Å². The summed E-state index contributed by atoms with van der Waals surface area (Å²) in [6, 6.07) is 4.65. The first-order chi connectivity index (χ1) is 6.97. The zero-order valence-corrected chi connectivity index (χ0v) is 7.79. The van der Waals surface area contributed by atoms with E-state index in [0.29, 0.717) is 5.75 Å². The van der Waals surface area contributed by atoms with Crippen LogP contribution in [0.25, 0.3) is 0 Å². The van der Waals surface area contributed by atoms with Gasteiger partial charge in [0, 0.05) is 12.5 Å². The molecule has 0 bridgehead atoms. The fraction of sp³-hybridized carbons (Fsp3) is 0.400. The van der Waals surface area contributed by atoms with Gasteiger partial charge in [0.1, 0.15) is 11.9 Å². The van der Waals surface area contributed by atoms with Crippen molar-refractivity contribution in [3.8, 4) is 5.75 Å². The number of hydrogen-bond donors (Lipinski definition) is 1. The molecule has 5 heteroatoms. The summed E-state index contributed by atoms with van der Waals surface area (Å²) in [6.45, 7) is 0. The molecule has 0 spiro atoms. The third kappa shape index (κ3) is 2.41. The molecule has 2 N–H and O–H groups in total. The fourth-order valence-corrected chi connectivity index (χ4v) is 1.22. The van der Waals surface area contributed by atoms with Gasteiger partial charge in [-0.1, -0.05) is 0 Å². The highest BCUT2D eigenvalue weighted by Gasteiger charge is 2.36. The second kappa shape index (κ2) is 3.41. The van der Waals surface area contributed by atoms with Crippen molar-refractivity contribution < 1.29 is 17.9 Å². The lowest BCUT2D eigenvalue weighted by Gasteiger charge is -2.08. The monoisotopic (exact) mass is 217 g/mol. The molecule has 15 heavy (non-hydrogen) atoms. The van der Waals surface area contributed by atoms with Crippen molar-refractivity contribution in [1.29, 1.82) is 0 Å². The van der Waals surface area contributed by atoms with Crippen LogP contribution in [0.15, 0.2) is 24.3 Å². The van der Waals surface area contributed by atoms with Crippen molar-refractivity contribution in [2.45, 2.75) is 24.7 Å². The predicted molar refractivity (Wildman–Crippen MR) is 48.5 cm³/mol. The molecule has 2 rings (SSSR count). The first-order valence-electron chi connectivity index (χ1n) is 4.56. The molecular weight excluding hydrogens is 207 g/mol. The average Bonchev–Trinajstić information content (AvgIpc) is 2.81.